The Morgan fingerprint density at radius 3 is 2.62 bits per heavy atom. The number of hydrogen-bond donors (Lipinski definition) is 1. The molecule has 1 amide bonds. The summed E-state index contributed by atoms with van der Waals surface area (Å²) < 4.78 is 21.9. The number of rotatable bonds is 11. The van der Waals surface area contributed by atoms with E-state index in [2.05, 4.69) is 10.3 Å². The SMILES string of the molecule is CCC[C@@H](NC(=O)C1CSC(C(C)(OCC)OCC)=N1)c1cc(OC)cc(=O)o1. The second kappa shape index (κ2) is 10.8. The zero-order valence-corrected chi connectivity index (χ0v) is 18.5. The van der Waals surface area contributed by atoms with Gasteiger partial charge in [0, 0.05) is 25.0 Å². The Kier molecular flexibility index (Phi) is 8.73. The van der Waals surface area contributed by atoms with Crippen molar-refractivity contribution in [1.29, 1.82) is 0 Å². The predicted molar refractivity (Wildman–Crippen MR) is 113 cm³/mol. The maximum Gasteiger partial charge on any atom is 0.339 e. The first-order valence-electron chi connectivity index (χ1n) is 9.85. The molecular weight excluding hydrogens is 396 g/mol. The lowest BCUT2D eigenvalue weighted by Crippen LogP contribution is -2.40. The van der Waals surface area contributed by atoms with E-state index in [-0.39, 0.29) is 5.91 Å². The van der Waals surface area contributed by atoms with Gasteiger partial charge >= 0.3 is 5.63 Å². The molecule has 9 heteroatoms. The van der Waals surface area contributed by atoms with Gasteiger partial charge in [-0.15, -0.1) is 11.8 Å². The van der Waals surface area contributed by atoms with Crippen LogP contribution in [0.1, 0.15) is 52.3 Å². The van der Waals surface area contributed by atoms with Crippen LogP contribution in [0.25, 0.3) is 0 Å². The fraction of sp³-hybridized carbons (Fsp3) is 0.650. The Balaban J connectivity index is 2.17. The van der Waals surface area contributed by atoms with Crippen LogP contribution in [-0.4, -0.2) is 48.9 Å². The van der Waals surface area contributed by atoms with E-state index >= 15 is 0 Å². The van der Waals surface area contributed by atoms with Crippen molar-refractivity contribution in [2.24, 2.45) is 4.99 Å². The van der Waals surface area contributed by atoms with Crippen LogP contribution in [0.5, 0.6) is 5.75 Å². The van der Waals surface area contributed by atoms with Crippen LogP contribution >= 0.6 is 11.8 Å². The molecule has 1 aromatic heterocycles. The van der Waals surface area contributed by atoms with Gasteiger partial charge in [-0.3, -0.25) is 9.79 Å². The van der Waals surface area contributed by atoms with Gasteiger partial charge in [0.1, 0.15) is 22.6 Å². The van der Waals surface area contributed by atoms with Crippen molar-refractivity contribution in [2.45, 2.75) is 58.4 Å². The molecule has 1 aliphatic rings. The molecule has 0 saturated heterocycles. The highest BCUT2D eigenvalue weighted by Gasteiger charge is 2.39. The average molecular weight is 427 g/mol. The highest BCUT2D eigenvalue weighted by Crippen LogP contribution is 2.30. The molecule has 162 valence electrons. The first-order chi connectivity index (χ1) is 13.9. The van der Waals surface area contributed by atoms with Crippen molar-refractivity contribution < 1.29 is 23.4 Å². The minimum Gasteiger partial charge on any atom is -0.496 e. The molecule has 0 radical (unpaired) electrons. The van der Waals surface area contributed by atoms with Crippen molar-refractivity contribution in [1.82, 2.24) is 5.32 Å². The average Bonchev–Trinajstić information content (AvgIpc) is 3.18. The third kappa shape index (κ3) is 6.07. The highest BCUT2D eigenvalue weighted by atomic mass is 32.2. The van der Waals surface area contributed by atoms with E-state index in [1.54, 1.807) is 6.07 Å². The first kappa shape index (κ1) is 23.4. The minimum absolute atomic E-state index is 0.230. The van der Waals surface area contributed by atoms with Crippen LogP contribution in [-0.2, 0) is 14.3 Å². The van der Waals surface area contributed by atoms with Crippen molar-refractivity contribution in [3.05, 3.63) is 28.3 Å². The number of ether oxygens (including phenoxy) is 3. The third-order valence-electron chi connectivity index (χ3n) is 4.42. The monoisotopic (exact) mass is 426 g/mol. The molecule has 1 aliphatic heterocycles. The summed E-state index contributed by atoms with van der Waals surface area (Å²) in [4.78, 5) is 29.2. The lowest BCUT2D eigenvalue weighted by molar-refractivity contribution is -0.168. The molecular formula is C20H30N2O6S. The highest BCUT2D eigenvalue weighted by molar-refractivity contribution is 8.14. The normalized spacial score (nSPS) is 17.7. The molecule has 1 unspecified atom stereocenters. The van der Waals surface area contributed by atoms with E-state index in [0.717, 1.165) is 6.42 Å². The number of nitrogens with one attached hydrogen (secondary N) is 1. The molecule has 0 aromatic carbocycles. The van der Waals surface area contributed by atoms with E-state index in [1.165, 1.54) is 24.9 Å². The molecule has 8 nitrogen and oxygen atoms in total. The standard InChI is InChI=1S/C20H30N2O6S/c1-6-9-14(16-10-13(25-5)11-17(23)28-16)21-18(24)15-12-29-19(22-15)20(4,26-7-2)27-8-3/h10-11,14-15H,6-9,12H2,1-5H3,(H,21,24)/t14-,15?/m1/s1. The van der Waals surface area contributed by atoms with Gasteiger partial charge in [0.05, 0.1) is 19.2 Å². The lowest BCUT2D eigenvalue weighted by Gasteiger charge is -2.28. The van der Waals surface area contributed by atoms with Crippen LogP contribution in [0.15, 0.2) is 26.3 Å². The lowest BCUT2D eigenvalue weighted by atomic mass is 10.1. The van der Waals surface area contributed by atoms with Crippen LogP contribution < -0.4 is 15.7 Å². The van der Waals surface area contributed by atoms with E-state index in [1.807, 2.05) is 27.7 Å². The van der Waals surface area contributed by atoms with Crippen molar-refractivity contribution in [2.75, 3.05) is 26.1 Å². The summed E-state index contributed by atoms with van der Waals surface area (Å²) >= 11 is 1.46. The second-order valence-electron chi connectivity index (χ2n) is 6.64. The summed E-state index contributed by atoms with van der Waals surface area (Å²) in [6, 6.07) is 1.89. The number of methoxy groups -OCH3 is 1. The summed E-state index contributed by atoms with van der Waals surface area (Å²) in [6.45, 7) is 8.53. The maximum atomic E-state index is 12.9. The first-order valence-corrected chi connectivity index (χ1v) is 10.8. The molecule has 0 saturated carbocycles. The molecule has 0 bridgehead atoms. The summed E-state index contributed by atoms with van der Waals surface area (Å²) in [7, 11) is 1.48. The minimum atomic E-state index is -0.953. The second-order valence-corrected chi connectivity index (χ2v) is 7.65. The van der Waals surface area contributed by atoms with Crippen molar-refractivity contribution in [3.8, 4) is 5.75 Å². The number of carbonyl (C=O) groups excluding carboxylic acids is 1. The van der Waals surface area contributed by atoms with E-state index in [0.29, 0.717) is 41.9 Å². The third-order valence-corrected chi connectivity index (χ3v) is 5.65. The molecule has 1 N–H and O–H groups in total. The van der Waals surface area contributed by atoms with Gasteiger partial charge in [-0.25, -0.2) is 4.79 Å². The number of amides is 1. The van der Waals surface area contributed by atoms with Crippen LogP contribution in [0.3, 0.4) is 0 Å². The number of nitrogens with zero attached hydrogens (tertiary/aromatic N) is 1. The zero-order chi connectivity index (χ0) is 21.4. The largest absolute Gasteiger partial charge is 0.496 e. The number of aliphatic imine (C=N–C) groups is 1. The fourth-order valence-corrected chi connectivity index (χ4v) is 4.20. The van der Waals surface area contributed by atoms with Gasteiger partial charge in [0.25, 0.3) is 0 Å². The molecule has 1 aromatic rings. The zero-order valence-electron chi connectivity index (χ0n) is 17.6. The maximum absolute atomic E-state index is 12.9. The Morgan fingerprint density at radius 2 is 2.03 bits per heavy atom. The number of thioether (sulfide) groups is 1. The molecule has 0 aliphatic carbocycles. The molecule has 2 atom stereocenters. The Bertz CT molecular complexity index is 772. The van der Waals surface area contributed by atoms with E-state index in [9.17, 15) is 9.59 Å². The van der Waals surface area contributed by atoms with Gasteiger partial charge in [0.15, 0.2) is 0 Å². The topological polar surface area (TPSA) is 99.4 Å². The molecule has 0 fully saturated rings. The van der Waals surface area contributed by atoms with Crippen molar-refractivity contribution >= 4 is 22.7 Å². The molecule has 0 spiro atoms. The van der Waals surface area contributed by atoms with Gasteiger partial charge in [0.2, 0.25) is 11.7 Å². The van der Waals surface area contributed by atoms with Gasteiger partial charge < -0.3 is 23.9 Å². The Hall–Kier alpha value is -1.84. The van der Waals surface area contributed by atoms with Crippen molar-refractivity contribution in [3.63, 3.8) is 0 Å². The van der Waals surface area contributed by atoms with Gasteiger partial charge in [-0.05, 0) is 27.2 Å². The quantitative estimate of drug-likeness (QED) is 0.543. The molecule has 2 rings (SSSR count). The summed E-state index contributed by atoms with van der Waals surface area (Å²) in [5.41, 5.74) is -0.518. The molecule has 2 heterocycles. The Labute approximate surface area is 175 Å². The fourth-order valence-electron chi connectivity index (χ4n) is 3.08. The predicted octanol–water partition coefficient (Wildman–Crippen LogP) is 2.91. The van der Waals surface area contributed by atoms with E-state index in [4.69, 9.17) is 18.6 Å². The van der Waals surface area contributed by atoms with E-state index < -0.39 is 23.5 Å². The summed E-state index contributed by atoms with van der Waals surface area (Å²) in [5, 5.41) is 3.62. The van der Waals surface area contributed by atoms with Gasteiger partial charge in [-0.1, -0.05) is 13.3 Å². The van der Waals surface area contributed by atoms with Crippen LogP contribution in [0.4, 0.5) is 0 Å². The number of carbonyl (C=O) groups is 1. The summed E-state index contributed by atoms with van der Waals surface area (Å²) in [5.74, 6) is 0.0795. The number of hydrogen-bond acceptors (Lipinski definition) is 8. The van der Waals surface area contributed by atoms with Crippen LogP contribution in [0.2, 0.25) is 0 Å². The van der Waals surface area contributed by atoms with Gasteiger partial charge in [-0.2, -0.15) is 0 Å². The molecule has 29 heavy (non-hydrogen) atoms. The van der Waals surface area contributed by atoms with Crippen LogP contribution in [0, 0.1) is 0 Å². The summed E-state index contributed by atoms with van der Waals surface area (Å²) in [6.07, 6.45) is 1.42. The smallest absolute Gasteiger partial charge is 0.339 e. The Morgan fingerprint density at radius 1 is 1.34 bits per heavy atom.